The number of nitrogens with two attached hydrogens (primary N) is 1. The molecule has 4 N–H and O–H groups in total. The number of carbonyl (C=O) groups is 2. The molecule has 1 heterocycles. The molecule has 1 unspecified atom stereocenters. The Bertz CT molecular complexity index is 366. The van der Waals surface area contributed by atoms with Gasteiger partial charge in [-0.3, -0.25) is 9.59 Å². The third-order valence-electron chi connectivity index (χ3n) is 3.71. The molecule has 1 atom stereocenters. The summed E-state index contributed by atoms with van der Waals surface area (Å²) in [6.45, 7) is 0.467. The van der Waals surface area contributed by atoms with Crippen LogP contribution in [0, 0.1) is 5.41 Å². The summed E-state index contributed by atoms with van der Waals surface area (Å²) in [5, 5.41) is 5.66. The topological polar surface area (TPSA) is 84.2 Å². The summed E-state index contributed by atoms with van der Waals surface area (Å²) in [6.07, 6.45) is 3.79. The molecule has 2 aliphatic rings. The highest BCUT2D eigenvalue weighted by atomic mass is 32.1. The first-order valence-corrected chi connectivity index (χ1v) is 6.33. The van der Waals surface area contributed by atoms with E-state index >= 15 is 0 Å². The second-order valence-corrected chi connectivity index (χ2v) is 5.25. The van der Waals surface area contributed by atoms with Crippen LogP contribution < -0.4 is 16.4 Å². The van der Waals surface area contributed by atoms with Crippen LogP contribution in [0.5, 0.6) is 0 Å². The van der Waals surface area contributed by atoms with Crippen molar-refractivity contribution < 1.29 is 9.59 Å². The van der Waals surface area contributed by atoms with Crippen LogP contribution in [-0.4, -0.2) is 29.4 Å². The maximum atomic E-state index is 12.0. The van der Waals surface area contributed by atoms with Crippen molar-refractivity contribution in [1.29, 1.82) is 0 Å². The molecule has 0 spiro atoms. The Morgan fingerprint density at radius 2 is 2.29 bits per heavy atom. The normalized spacial score (nSPS) is 25.9. The van der Waals surface area contributed by atoms with Gasteiger partial charge in [0.05, 0.1) is 10.4 Å². The van der Waals surface area contributed by atoms with Crippen molar-refractivity contribution in [3.8, 4) is 0 Å². The van der Waals surface area contributed by atoms with E-state index in [-0.39, 0.29) is 22.8 Å². The van der Waals surface area contributed by atoms with Gasteiger partial charge in [0.25, 0.3) is 0 Å². The number of carbonyl (C=O) groups excluding carboxylic acids is 2. The van der Waals surface area contributed by atoms with E-state index in [1.165, 1.54) is 0 Å². The molecule has 0 bridgehead atoms. The number of rotatable bonds is 4. The summed E-state index contributed by atoms with van der Waals surface area (Å²) >= 11 is 4.97. The van der Waals surface area contributed by atoms with E-state index in [1.807, 2.05) is 0 Å². The number of hydrogen-bond acceptors (Lipinski definition) is 3. The summed E-state index contributed by atoms with van der Waals surface area (Å²) in [4.78, 5) is 23.3. The lowest BCUT2D eigenvalue weighted by molar-refractivity contribution is -0.131. The van der Waals surface area contributed by atoms with E-state index in [2.05, 4.69) is 10.6 Å². The molecule has 1 saturated carbocycles. The predicted octanol–water partition coefficient (Wildman–Crippen LogP) is -0.162. The minimum Gasteiger partial charge on any atom is -0.392 e. The van der Waals surface area contributed by atoms with Crippen molar-refractivity contribution in [2.24, 2.45) is 11.1 Å². The van der Waals surface area contributed by atoms with Gasteiger partial charge in [-0.1, -0.05) is 18.6 Å². The molecule has 2 amide bonds. The maximum Gasteiger partial charge on any atom is 0.233 e. The average molecular weight is 255 g/mol. The van der Waals surface area contributed by atoms with Gasteiger partial charge in [-0.2, -0.15) is 0 Å². The van der Waals surface area contributed by atoms with Crippen molar-refractivity contribution in [3.63, 3.8) is 0 Å². The molecular formula is C11H17N3O2S. The van der Waals surface area contributed by atoms with Crippen molar-refractivity contribution in [2.75, 3.05) is 6.54 Å². The lowest BCUT2D eigenvalue weighted by Crippen LogP contribution is -2.54. The molecule has 5 nitrogen and oxygen atoms in total. The van der Waals surface area contributed by atoms with Crippen LogP contribution in [0.25, 0.3) is 0 Å². The van der Waals surface area contributed by atoms with Crippen molar-refractivity contribution in [1.82, 2.24) is 10.6 Å². The summed E-state index contributed by atoms with van der Waals surface area (Å²) in [5.41, 5.74) is 5.01. The zero-order chi connectivity index (χ0) is 12.5. The maximum absolute atomic E-state index is 12.0. The van der Waals surface area contributed by atoms with Crippen LogP contribution in [0.3, 0.4) is 0 Å². The molecule has 2 fully saturated rings. The minimum atomic E-state index is -0.627. The van der Waals surface area contributed by atoms with Crippen molar-refractivity contribution in [3.05, 3.63) is 0 Å². The SMILES string of the molecule is NC(=S)C1(C(=O)NCC2CCC(=O)N2)CCC1. The molecule has 0 aromatic carbocycles. The largest absolute Gasteiger partial charge is 0.392 e. The molecule has 0 aromatic rings. The van der Waals surface area contributed by atoms with Gasteiger partial charge in [0.1, 0.15) is 0 Å². The highest BCUT2D eigenvalue weighted by Gasteiger charge is 2.46. The Morgan fingerprint density at radius 1 is 1.59 bits per heavy atom. The van der Waals surface area contributed by atoms with Gasteiger partial charge in [-0.05, 0) is 19.3 Å². The van der Waals surface area contributed by atoms with Crippen LogP contribution in [0.4, 0.5) is 0 Å². The van der Waals surface area contributed by atoms with Crippen LogP contribution >= 0.6 is 12.2 Å². The second-order valence-electron chi connectivity index (χ2n) is 4.81. The van der Waals surface area contributed by atoms with E-state index in [0.29, 0.717) is 13.0 Å². The number of amides is 2. The zero-order valence-corrected chi connectivity index (χ0v) is 10.4. The highest BCUT2D eigenvalue weighted by molar-refractivity contribution is 7.80. The molecule has 2 rings (SSSR count). The van der Waals surface area contributed by atoms with Crippen LogP contribution in [0.2, 0.25) is 0 Å². The first kappa shape index (κ1) is 12.3. The minimum absolute atomic E-state index is 0.0509. The summed E-state index contributed by atoms with van der Waals surface area (Å²) in [7, 11) is 0. The summed E-state index contributed by atoms with van der Waals surface area (Å²) < 4.78 is 0. The third-order valence-corrected chi connectivity index (χ3v) is 4.10. The molecule has 1 saturated heterocycles. The third kappa shape index (κ3) is 2.26. The van der Waals surface area contributed by atoms with Crippen molar-refractivity contribution in [2.45, 2.75) is 38.1 Å². The monoisotopic (exact) mass is 255 g/mol. The van der Waals surface area contributed by atoms with Crippen molar-refractivity contribution >= 4 is 29.0 Å². The Balaban J connectivity index is 1.85. The van der Waals surface area contributed by atoms with Gasteiger partial charge >= 0.3 is 0 Å². The van der Waals surface area contributed by atoms with E-state index < -0.39 is 5.41 Å². The van der Waals surface area contributed by atoms with E-state index in [4.69, 9.17) is 18.0 Å². The lowest BCUT2D eigenvalue weighted by Gasteiger charge is -2.39. The molecule has 0 radical (unpaired) electrons. The van der Waals surface area contributed by atoms with Gasteiger partial charge in [-0.15, -0.1) is 0 Å². The van der Waals surface area contributed by atoms with E-state index in [1.54, 1.807) is 0 Å². The Hall–Kier alpha value is -1.17. The van der Waals surface area contributed by atoms with Gasteiger partial charge in [-0.25, -0.2) is 0 Å². The van der Waals surface area contributed by atoms with Gasteiger partial charge in [0.15, 0.2) is 0 Å². The fourth-order valence-corrected chi connectivity index (χ4v) is 2.63. The molecular weight excluding hydrogens is 238 g/mol. The zero-order valence-electron chi connectivity index (χ0n) is 9.62. The lowest BCUT2D eigenvalue weighted by atomic mass is 9.68. The predicted molar refractivity (Wildman–Crippen MR) is 67.2 cm³/mol. The van der Waals surface area contributed by atoms with Crippen LogP contribution in [0.1, 0.15) is 32.1 Å². The van der Waals surface area contributed by atoms with Gasteiger partial charge in [0.2, 0.25) is 11.8 Å². The number of nitrogens with one attached hydrogen (secondary N) is 2. The van der Waals surface area contributed by atoms with Gasteiger partial charge in [0, 0.05) is 19.0 Å². The Morgan fingerprint density at radius 3 is 2.71 bits per heavy atom. The smallest absolute Gasteiger partial charge is 0.233 e. The molecule has 17 heavy (non-hydrogen) atoms. The summed E-state index contributed by atoms with van der Waals surface area (Å²) in [5.74, 6) is -0.0330. The summed E-state index contributed by atoms with van der Waals surface area (Å²) in [6, 6.07) is 0.0509. The molecule has 1 aliphatic heterocycles. The molecule has 6 heteroatoms. The standard InChI is InChI=1S/C11H17N3O2S/c12-9(17)11(4-1-5-11)10(16)13-6-7-2-3-8(15)14-7/h7H,1-6H2,(H2,12,17)(H,13,16)(H,14,15). The van der Waals surface area contributed by atoms with Crippen LogP contribution in [0.15, 0.2) is 0 Å². The first-order valence-electron chi connectivity index (χ1n) is 5.92. The quantitative estimate of drug-likeness (QED) is 0.609. The fraction of sp³-hybridized carbons (Fsp3) is 0.727. The van der Waals surface area contributed by atoms with Gasteiger partial charge < -0.3 is 16.4 Å². The molecule has 1 aliphatic carbocycles. The van der Waals surface area contributed by atoms with E-state index in [9.17, 15) is 9.59 Å². The fourth-order valence-electron chi connectivity index (χ4n) is 2.33. The van der Waals surface area contributed by atoms with Crippen LogP contribution in [-0.2, 0) is 9.59 Å². The molecule has 0 aromatic heterocycles. The number of hydrogen-bond donors (Lipinski definition) is 3. The average Bonchev–Trinajstić information content (AvgIpc) is 2.59. The first-order chi connectivity index (χ1) is 8.04. The number of thiocarbonyl (C=S) groups is 1. The van der Waals surface area contributed by atoms with E-state index in [0.717, 1.165) is 25.7 Å². The second kappa shape index (κ2) is 4.60. The highest BCUT2D eigenvalue weighted by Crippen LogP contribution is 2.41. The Kier molecular flexibility index (Phi) is 3.33. The Labute approximate surface area is 105 Å². The molecule has 94 valence electrons.